The van der Waals surface area contributed by atoms with Gasteiger partial charge in [0.15, 0.2) is 0 Å². The van der Waals surface area contributed by atoms with Gasteiger partial charge in [0, 0.05) is 23.3 Å². The third kappa shape index (κ3) is 4.41. The molecule has 6 heteroatoms. The molecule has 1 amide bonds. The van der Waals surface area contributed by atoms with E-state index in [4.69, 9.17) is 23.2 Å². The molecule has 4 nitrogen and oxygen atoms in total. The van der Waals surface area contributed by atoms with Gasteiger partial charge >= 0.3 is 0 Å². The summed E-state index contributed by atoms with van der Waals surface area (Å²) >= 11 is 12.4. The lowest BCUT2D eigenvalue weighted by Gasteiger charge is -2.51. The molecule has 4 atom stereocenters. The highest BCUT2D eigenvalue weighted by atomic mass is 35.5. The summed E-state index contributed by atoms with van der Waals surface area (Å²) < 4.78 is 0. The Bertz CT molecular complexity index is 898. The smallest absolute Gasteiger partial charge is 0.229 e. The number of allylic oxidation sites excluding steroid dienone is 1. The fourth-order valence-corrected chi connectivity index (χ4v) is 4.90. The number of aliphatic hydroxyl groups excluding tert-OH is 1. The number of piperidine rings is 1. The van der Waals surface area contributed by atoms with Gasteiger partial charge in [-0.05, 0) is 48.6 Å². The molecule has 1 saturated heterocycles. The minimum Gasteiger partial charge on any atom is -0.394 e. The second-order valence-electron chi connectivity index (χ2n) is 8.25. The van der Waals surface area contributed by atoms with E-state index in [0.717, 1.165) is 11.1 Å². The van der Waals surface area contributed by atoms with Crippen molar-refractivity contribution in [3.8, 4) is 0 Å². The Morgan fingerprint density at radius 2 is 1.97 bits per heavy atom. The van der Waals surface area contributed by atoms with Gasteiger partial charge in [-0.15, -0.1) is 6.58 Å². The average molecular weight is 447 g/mol. The van der Waals surface area contributed by atoms with Gasteiger partial charge in [-0.3, -0.25) is 9.78 Å². The SMILES string of the molecule is C=CCC1(C)CC(c2cncc(Cl)c2)C(c2ccc(Cl)cc2)N([C@@H](CC)CO)C1=O. The lowest BCUT2D eigenvalue weighted by molar-refractivity contribution is -0.156. The van der Waals surface area contributed by atoms with Crippen molar-refractivity contribution in [2.45, 2.75) is 51.1 Å². The monoisotopic (exact) mass is 446 g/mol. The highest BCUT2D eigenvalue weighted by Gasteiger charge is 2.50. The fraction of sp³-hybridized carbons (Fsp3) is 0.417. The van der Waals surface area contributed by atoms with Crippen LogP contribution in [0.2, 0.25) is 10.0 Å². The van der Waals surface area contributed by atoms with Gasteiger partial charge in [0.2, 0.25) is 5.91 Å². The zero-order valence-corrected chi connectivity index (χ0v) is 18.9. The molecule has 2 aromatic rings. The first-order valence-corrected chi connectivity index (χ1v) is 11.0. The molecule has 0 saturated carbocycles. The summed E-state index contributed by atoms with van der Waals surface area (Å²) in [5.74, 6) is -0.00453. The van der Waals surface area contributed by atoms with Crippen LogP contribution in [0.3, 0.4) is 0 Å². The number of hydrogen-bond donors (Lipinski definition) is 1. The van der Waals surface area contributed by atoms with Crippen molar-refractivity contribution in [1.82, 2.24) is 9.88 Å². The zero-order chi connectivity index (χ0) is 21.9. The molecule has 1 aromatic heterocycles. The van der Waals surface area contributed by atoms with Crippen LogP contribution in [0.25, 0.3) is 0 Å². The number of benzene rings is 1. The number of halogens is 2. The first kappa shape index (κ1) is 22.8. The molecule has 0 aliphatic carbocycles. The minimum absolute atomic E-state index is 0.0366. The topological polar surface area (TPSA) is 53.4 Å². The Hall–Kier alpha value is -1.88. The molecule has 1 aliphatic heterocycles. The van der Waals surface area contributed by atoms with Crippen molar-refractivity contribution in [3.63, 3.8) is 0 Å². The van der Waals surface area contributed by atoms with Crippen LogP contribution < -0.4 is 0 Å². The van der Waals surface area contributed by atoms with Crippen LogP contribution >= 0.6 is 23.2 Å². The molecule has 1 aliphatic rings. The van der Waals surface area contributed by atoms with Gasteiger partial charge < -0.3 is 10.0 Å². The maximum absolute atomic E-state index is 13.8. The quantitative estimate of drug-likeness (QED) is 0.546. The van der Waals surface area contributed by atoms with E-state index in [9.17, 15) is 9.90 Å². The Labute approximate surface area is 188 Å². The number of aromatic nitrogens is 1. The molecule has 30 heavy (non-hydrogen) atoms. The number of pyridine rings is 1. The van der Waals surface area contributed by atoms with E-state index in [0.29, 0.717) is 29.3 Å². The summed E-state index contributed by atoms with van der Waals surface area (Å²) in [5.41, 5.74) is 1.33. The number of rotatable bonds is 7. The summed E-state index contributed by atoms with van der Waals surface area (Å²) in [4.78, 5) is 20.0. The maximum atomic E-state index is 13.8. The number of nitrogens with zero attached hydrogens (tertiary/aromatic N) is 2. The number of likely N-dealkylation sites (tertiary alicyclic amines) is 1. The predicted molar refractivity (Wildman–Crippen MR) is 122 cm³/mol. The number of hydrogen-bond acceptors (Lipinski definition) is 3. The first-order chi connectivity index (χ1) is 14.3. The maximum Gasteiger partial charge on any atom is 0.229 e. The molecule has 1 aromatic carbocycles. The number of carbonyl (C=O) groups excluding carboxylic acids is 1. The van der Waals surface area contributed by atoms with Crippen LogP contribution in [0.1, 0.15) is 56.2 Å². The molecule has 3 rings (SSSR count). The Morgan fingerprint density at radius 1 is 1.27 bits per heavy atom. The van der Waals surface area contributed by atoms with Crippen LogP contribution in [0, 0.1) is 5.41 Å². The third-order valence-electron chi connectivity index (χ3n) is 6.14. The first-order valence-electron chi connectivity index (χ1n) is 10.2. The van der Waals surface area contributed by atoms with E-state index in [1.165, 1.54) is 0 Å². The summed E-state index contributed by atoms with van der Waals surface area (Å²) in [6, 6.07) is 8.96. The summed E-state index contributed by atoms with van der Waals surface area (Å²) in [6.45, 7) is 7.75. The number of amides is 1. The molecule has 1 fully saturated rings. The minimum atomic E-state index is -0.625. The molecule has 2 heterocycles. The molecule has 1 N–H and O–H groups in total. The van der Waals surface area contributed by atoms with Crippen molar-refractivity contribution >= 4 is 29.1 Å². The van der Waals surface area contributed by atoms with Crippen molar-refractivity contribution in [2.75, 3.05) is 6.61 Å². The second-order valence-corrected chi connectivity index (χ2v) is 9.13. The van der Waals surface area contributed by atoms with Crippen molar-refractivity contribution in [3.05, 3.63) is 76.6 Å². The molecular weight excluding hydrogens is 419 g/mol. The molecule has 3 unspecified atom stereocenters. The van der Waals surface area contributed by atoms with Crippen LogP contribution in [0.4, 0.5) is 0 Å². The van der Waals surface area contributed by atoms with Crippen molar-refractivity contribution in [2.24, 2.45) is 5.41 Å². The van der Waals surface area contributed by atoms with Gasteiger partial charge in [-0.25, -0.2) is 0 Å². The normalized spacial score (nSPS) is 25.2. The third-order valence-corrected chi connectivity index (χ3v) is 6.60. The van der Waals surface area contributed by atoms with Gasteiger partial charge in [0.1, 0.15) is 0 Å². The standard InChI is InChI=1S/C24H28Cl2N2O2/c1-4-10-24(3)12-21(17-11-19(26)14-27-13-17)22(16-6-8-18(25)9-7-16)28(23(24)30)20(5-2)15-29/h4,6-9,11,13-14,20-22,29H,1,5,10,12,15H2,2-3H3/t20-,21?,22?,24?/m0/s1. The van der Waals surface area contributed by atoms with Gasteiger partial charge in [0.25, 0.3) is 0 Å². The Balaban J connectivity index is 2.22. The van der Waals surface area contributed by atoms with Crippen LogP contribution in [-0.2, 0) is 4.79 Å². The zero-order valence-electron chi connectivity index (χ0n) is 17.4. The van der Waals surface area contributed by atoms with E-state index in [2.05, 4.69) is 11.6 Å². The molecule has 0 spiro atoms. The Morgan fingerprint density at radius 3 is 2.53 bits per heavy atom. The summed E-state index contributed by atoms with van der Waals surface area (Å²) in [6.07, 6.45) is 7.07. The van der Waals surface area contributed by atoms with E-state index in [1.54, 1.807) is 12.3 Å². The van der Waals surface area contributed by atoms with Crippen molar-refractivity contribution < 1.29 is 9.90 Å². The summed E-state index contributed by atoms with van der Waals surface area (Å²) in [5, 5.41) is 11.3. The van der Waals surface area contributed by atoms with Gasteiger partial charge in [-0.2, -0.15) is 0 Å². The number of carbonyl (C=O) groups is 1. The second kappa shape index (κ2) is 9.51. The lowest BCUT2D eigenvalue weighted by Crippen LogP contribution is -2.56. The van der Waals surface area contributed by atoms with Gasteiger partial charge in [-0.1, -0.05) is 55.3 Å². The highest BCUT2D eigenvalue weighted by Crippen LogP contribution is 2.52. The highest BCUT2D eigenvalue weighted by molar-refractivity contribution is 6.30. The molecule has 0 bridgehead atoms. The molecule has 0 radical (unpaired) electrons. The fourth-order valence-electron chi connectivity index (χ4n) is 4.60. The van der Waals surface area contributed by atoms with E-state index >= 15 is 0 Å². The average Bonchev–Trinajstić information content (AvgIpc) is 2.73. The van der Waals surface area contributed by atoms with Crippen LogP contribution in [0.5, 0.6) is 0 Å². The van der Waals surface area contributed by atoms with E-state index in [-0.39, 0.29) is 30.5 Å². The molecular formula is C24H28Cl2N2O2. The Kier molecular flexibility index (Phi) is 7.22. The number of aliphatic hydroxyl groups is 1. The molecule has 160 valence electrons. The lowest BCUT2D eigenvalue weighted by atomic mass is 9.67. The van der Waals surface area contributed by atoms with E-state index in [1.807, 2.05) is 55.3 Å². The van der Waals surface area contributed by atoms with Crippen LogP contribution in [-0.4, -0.2) is 33.5 Å². The van der Waals surface area contributed by atoms with Gasteiger partial charge in [0.05, 0.1) is 29.1 Å². The summed E-state index contributed by atoms with van der Waals surface area (Å²) in [7, 11) is 0. The van der Waals surface area contributed by atoms with Crippen molar-refractivity contribution in [1.29, 1.82) is 0 Å². The van der Waals surface area contributed by atoms with Crippen LogP contribution in [0.15, 0.2) is 55.4 Å². The van der Waals surface area contributed by atoms with E-state index < -0.39 is 5.41 Å². The predicted octanol–water partition coefficient (Wildman–Crippen LogP) is 5.80. The largest absolute Gasteiger partial charge is 0.394 e.